The molecule has 0 amide bonds. The van der Waals surface area contributed by atoms with Crippen LogP contribution in [-0.2, 0) is 0 Å². The molecule has 0 aliphatic heterocycles. The van der Waals surface area contributed by atoms with Crippen molar-refractivity contribution in [3.05, 3.63) is 0 Å². The molecule has 0 atom stereocenters. The average molecular weight is 540 g/mol. The zero-order valence-electron chi connectivity index (χ0n) is 27.9. The molecule has 0 saturated carbocycles. The van der Waals surface area contributed by atoms with Gasteiger partial charge in [0.05, 0.1) is 27.2 Å². The van der Waals surface area contributed by atoms with Crippen molar-refractivity contribution >= 4 is 0 Å². The molecule has 0 unspecified atom stereocenters. The van der Waals surface area contributed by atoms with Crippen molar-refractivity contribution in [2.24, 2.45) is 5.73 Å². The zero-order valence-corrected chi connectivity index (χ0v) is 27.9. The van der Waals surface area contributed by atoms with Gasteiger partial charge in [0.25, 0.3) is 0 Å². The van der Waals surface area contributed by atoms with Gasteiger partial charge in [0, 0.05) is 0 Å². The molecule has 0 aromatic carbocycles. The van der Waals surface area contributed by atoms with Crippen molar-refractivity contribution < 1.29 is 4.48 Å². The van der Waals surface area contributed by atoms with E-state index in [1.54, 1.807) is 0 Å². The summed E-state index contributed by atoms with van der Waals surface area (Å²) in [4.78, 5) is 0. The van der Waals surface area contributed by atoms with Gasteiger partial charge in [-0.1, -0.05) is 168 Å². The molecule has 2 nitrogen and oxygen atoms in total. The van der Waals surface area contributed by atoms with Gasteiger partial charge in [-0.2, -0.15) is 0 Å². The number of nitrogens with zero attached hydrogens (tertiary/aromatic N) is 1. The van der Waals surface area contributed by atoms with Crippen LogP contribution in [-0.4, -0.2) is 38.2 Å². The van der Waals surface area contributed by atoms with Crippen molar-refractivity contribution in [2.75, 3.05) is 33.7 Å². The second-order valence-electron chi connectivity index (χ2n) is 13.0. The van der Waals surface area contributed by atoms with Crippen molar-refractivity contribution in [3.63, 3.8) is 0 Å². The summed E-state index contributed by atoms with van der Waals surface area (Å²) in [5.74, 6) is 0. The first-order valence-electron chi connectivity index (χ1n) is 18.1. The number of quaternary nitrogens is 1. The molecule has 0 aliphatic rings. The second-order valence-corrected chi connectivity index (χ2v) is 13.0. The molecule has 0 aromatic rings. The summed E-state index contributed by atoms with van der Waals surface area (Å²) < 4.78 is 1.24. The van der Waals surface area contributed by atoms with Crippen molar-refractivity contribution in [3.8, 4) is 0 Å². The van der Waals surface area contributed by atoms with E-state index < -0.39 is 0 Å². The van der Waals surface area contributed by atoms with E-state index in [-0.39, 0.29) is 0 Å². The molecular weight excluding hydrogens is 460 g/mol. The summed E-state index contributed by atoms with van der Waals surface area (Å²) in [6.07, 6.45) is 40.0. The maximum atomic E-state index is 5.39. The minimum atomic E-state index is 0.870. The van der Waals surface area contributed by atoms with Crippen LogP contribution in [0, 0.1) is 0 Å². The van der Waals surface area contributed by atoms with Gasteiger partial charge in [0.2, 0.25) is 0 Å². The highest BCUT2D eigenvalue weighted by Crippen LogP contribution is 2.14. The van der Waals surface area contributed by atoms with E-state index >= 15 is 0 Å². The lowest BCUT2D eigenvalue weighted by Crippen LogP contribution is -2.41. The van der Waals surface area contributed by atoms with E-state index in [1.807, 2.05) is 0 Å². The lowest BCUT2D eigenvalue weighted by atomic mass is 10.1. The summed E-state index contributed by atoms with van der Waals surface area (Å²) in [5.41, 5.74) is 5.39. The molecule has 0 aromatic heterocycles. The maximum absolute atomic E-state index is 5.39. The smallest absolute Gasteiger partial charge is 0.0782 e. The Labute approximate surface area is 244 Å². The van der Waals surface area contributed by atoms with Gasteiger partial charge in [-0.25, -0.2) is 0 Å². The topological polar surface area (TPSA) is 26.0 Å². The maximum Gasteiger partial charge on any atom is 0.0782 e. The Kier molecular flexibility index (Phi) is 36.8. The molecule has 2 heteroatoms. The van der Waals surface area contributed by atoms with Gasteiger partial charge in [-0.05, 0) is 38.6 Å². The van der Waals surface area contributed by atoms with Crippen LogP contribution in [0.1, 0.15) is 201 Å². The average Bonchev–Trinajstić information content (AvgIpc) is 2.90. The van der Waals surface area contributed by atoms with E-state index in [1.165, 1.54) is 197 Å². The minimum absolute atomic E-state index is 0.870. The van der Waals surface area contributed by atoms with Crippen LogP contribution in [0.4, 0.5) is 0 Å². The first-order chi connectivity index (χ1) is 18.5. The highest BCUT2D eigenvalue weighted by Gasteiger charge is 2.13. The Hall–Kier alpha value is -0.0800. The van der Waals surface area contributed by atoms with Crippen molar-refractivity contribution in [2.45, 2.75) is 201 Å². The Morgan fingerprint density at radius 1 is 0.316 bits per heavy atom. The Morgan fingerprint density at radius 2 is 0.526 bits per heavy atom. The molecule has 0 spiro atoms. The lowest BCUT2D eigenvalue weighted by Gasteiger charge is -2.30. The van der Waals surface area contributed by atoms with Crippen LogP contribution in [0.3, 0.4) is 0 Å². The molecule has 0 aliphatic carbocycles. The molecule has 0 rings (SSSR count). The summed E-state index contributed by atoms with van der Waals surface area (Å²) in [7, 11) is 4.89. The predicted octanol–water partition coefficient (Wildman–Crippen LogP) is 12.0. The van der Waals surface area contributed by atoms with Gasteiger partial charge >= 0.3 is 0 Å². The van der Waals surface area contributed by atoms with E-state index in [0.717, 1.165) is 6.54 Å². The predicted molar refractivity (Wildman–Crippen MR) is 177 cm³/mol. The molecule has 0 radical (unpaired) electrons. The van der Waals surface area contributed by atoms with Crippen LogP contribution in [0.5, 0.6) is 0 Å². The zero-order chi connectivity index (χ0) is 28.4. The van der Waals surface area contributed by atoms with E-state index in [4.69, 9.17) is 5.73 Å². The fraction of sp³-hybridized carbons (Fsp3) is 1.00. The Bertz CT molecular complexity index is 359. The third-order valence-electron chi connectivity index (χ3n) is 8.29. The summed E-state index contributed by atoms with van der Waals surface area (Å²) in [5, 5.41) is 0. The molecule has 2 N–H and O–H groups in total. The van der Waals surface area contributed by atoms with E-state index in [2.05, 4.69) is 34.9 Å². The molecule has 0 fully saturated rings. The molecule has 0 bridgehead atoms. The SMILES string of the molecule is CCCCCCCCCCCC[N+](C)(C)CCCCCCCCCCCC.CCCCCCCCCCN. The molecule has 0 saturated heterocycles. The highest BCUT2D eigenvalue weighted by atomic mass is 15.3. The van der Waals surface area contributed by atoms with Crippen LogP contribution in [0.2, 0.25) is 0 Å². The Balaban J connectivity index is 0. The third-order valence-corrected chi connectivity index (χ3v) is 8.29. The number of rotatable bonds is 30. The van der Waals surface area contributed by atoms with Crippen LogP contribution >= 0.6 is 0 Å². The van der Waals surface area contributed by atoms with Crippen LogP contribution in [0.15, 0.2) is 0 Å². The third kappa shape index (κ3) is 38.1. The standard InChI is InChI=1S/C26H56N.C10H23N/c1-5-7-9-11-13-15-17-19-21-23-25-27(3,4)26-24-22-20-18-16-14-12-10-8-6-2;1-2-3-4-5-6-7-8-9-10-11/h5-26H2,1-4H3;2-11H2,1H3/q+1;. The van der Waals surface area contributed by atoms with Gasteiger partial charge < -0.3 is 10.2 Å². The summed E-state index contributed by atoms with van der Waals surface area (Å²) in [6, 6.07) is 0. The monoisotopic (exact) mass is 540 g/mol. The Morgan fingerprint density at radius 3 is 0.763 bits per heavy atom. The fourth-order valence-corrected chi connectivity index (χ4v) is 5.44. The van der Waals surface area contributed by atoms with Crippen LogP contribution < -0.4 is 5.73 Å². The normalized spacial score (nSPS) is 11.5. The van der Waals surface area contributed by atoms with Crippen molar-refractivity contribution in [1.29, 1.82) is 0 Å². The van der Waals surface area contributed by atoms with E-state index in [0.29, 0.717) is 0 Å². The highest BCUT2D eigenvalue weighted by molar-refractivity contribution is 4.50. The second kappa shape index (κ2) is 34.9. The summed E-state index contributed by atoms with van der Waals surface area (Å²) >= 11 is 0. The summed E-state index contributed by atoms with van der Waals surface area (Å²) in [6.45, 7) is 10.5. The minimum Gasteiger partial charge on any atom is -0.330 e. The largest absolute Gasteiger partial charge is 0.330 e. The van der Waals surface area contributed by atoms with Gasteiger partial charge in [0.15, 0.2) is 0 Å². The van der Waals surface area contributed by atoms with Crippen molar-refractivity contribution in [1.82, 2.24) is 0 Å². The number of hydrogen-bond donors (Lipinski definition) is 1. The first kappa shape index (κ1) is 40.1. The molecule has 38 heavy (non-hydrogen) atoms. The number of unbranched alkanes of at least 4 members (excludes halogenated alkanes) is 25. The number of nitrogens with two attached hydrogens (primary N) is 1. The van der Waals surface area contributed by atoms with Gasteiger partial charge in [-0.3, -0.25) is 0 Å². The van der Waals surface area contributed by atoms with Gasteiger partial charge in [0.1, 0.15) is 0 Å². The number of hydrogen-bond acceptors (Lipinski definition) is 1. The van der Waals surface area contributed by atoms with Crippen LogP contribution in [0.25, 0.3) is 0 Å². The lowest BCUT2D eigenvalue weighted by molar-refractivity contribution is -0.890. The quantitative estimate of drug-likeness (QED) is 0.0712. The molecule has 232 valence electrons. The first-order valence-corrected chi connectivity index (χ1v) is 18.1. The van der Waals surface area contributed by atoms with Gasteiger partial charge in [-0.15, -0.1) is 0 Å². The van der Waals surface area contributed by atoms with E-state index in [9.17, 15) is 0 Å². The molecule has 0 heterocycles. The fourth-order valence-electron chi connectivity index (χ4n) is 5.44. The molecular formula is C36H79N2+.